The first-order chi connectivity index (χ1) is 8.18. The van der Waals surface area contributed by atoms with Gasteiger partial charge in [-0.15, -0.1) is 0 Å². The van der Waals surface area contributed by atoms with Crippen molar-refractivity contribution in [3.63, 3.8) is 0 Å². The van der Waals surface area contributed by atoms with Gasteiger partial charge >= 0.3 is 0 Å². The van der Waals surface area contributed by atoms with Crippen LogP contribution in [-0.2, 0) is 0 Å². The predicted molar refractivity (Wildman–Crippen MR) is 71.7 cm³/mol. The molecule has 1 fully saturated rings. The smallest absolute Gasteiger partial charge is 0.123 e. The summed E-state index contributed by atoms with van der Waals surface area (Å²) in [5.74, 6) is 0.418. The maximum Gasteiger partial charge on any atom is 0.123 e. The van der Waals surface area contributed by atoms with Crippen molar-refractivity contribution in [1.82, 2.24) is 5.32 Å². The molecule has 0 aromatic heterocycles. The van der Waals surface area contributed by atoms with E-state index in [-0.39, 0.29) is 0 Å². The highest BCUT2D eigenvalue weighted by Gasteiger charge is 2.13. The number of anilines is 1. The summed E-state index contributed by atoms with van der Waals surface area (Å²) in [4.78, 5) is 0. The fraction of sp³-hybridized carbons (Fsp3) is 0.571. The molecule has 3 heteroatoms. The second-order valence-corrected chi connectivity index (χ2v) is 4.93. The average molecular weight is 234 g/mol. The first-order valence-corrected chi connectivity index (χ1v) is 6.45. The highest BCUT2D eigenvalue weighted by Crippen LogP contribution is 2.29. The molecule has 1 saturated heterocycles. The monoisotopic (exact) mass is 234 g/mol. The zero-order valence-electron chi connectivity index (χ0n) is 10.7. The lowest BCUT2D eigenvalue weighted by molar-refractivity contribution is 0.467. The van der Waals surface area contributed by atoms with E-state index in [1.165, 1.54) is 12.8 Å². The van der Waals surface area contributed by atoms with Crippen LogP contribution in [0, 0.1) is 13.8 Å². The van der Waals surface area contributed by atoms with Gasteiger partial charge < -0.3 is 15.7 Å². The van der Waals surface area contributed by atoms with Crippen molar-refractivity contribution in [3.05, 3.63) is 23.3 Å². The van der Waals surface area contributed by atoms with Gasteiger partial charge in [0.15, 0.2) is 0 Å². The molecule has 3 nitrogen and oxygen atoms in total. The zero-order valence-corrected chi connectivity index (χ0v) is 10.7. The number of aromatic hydroxyl groups is 1. The van der Waals surface area contributed by atoms with E-state index in [2.05, 4.69) is 16.7 Å². The zero-order chi connectivity index (χ0) is 12.3. The normalized spacial score (nSPS) is 20.9. The lowest BCUT2D eigenvalue weighted by Gasteiger charge is -2.20. The second-order valence-electron chi connectivity index (χ2n) is 4.93. The van der Waals surface area contributed by atoms with Crippen LogP contribution in [0.4, 0.5) is 5.69 Å². The maximum atomic E-state index is 9.92. The van der Waals surface area contributed by atoms with E-state index >= 15 is 0 Å². The molecule has 0 aliphatic carbocycles. The molecule has 3 N–H and O–H groups in total. The van der Waals surface area contributed by atoms with Crippen LogP contribution in [0.3, 0.4) is 0 Å². The van der Waals surface area contributed by atoms with E-state index in [1.54, 1.807) is 0 Å². The Morgan fingerprint density at radius 1 is 1.24 bits per heavy atom. The van der Waals surface area contributed by atoms with Crippen LogP contribution < -0.4 is 10.6 Å². The quantitative estimate of drug-likeness (QED) is 0.737. The molecule has 1 heterocycles. The molecule has 1 aliphatic rings. The van der Waals surface area contributed by atoms with Crippen LogP contribution in [0.25, 0.3) is 0 Å². The van der Waals surface area contributed by atoms with E-state index < -0.39 is 0 Å². The standard InChI is InChI=1S/C14H22N2O/c1-10-5-6-13(11(2)14(10)17)16-12-4-3-8-15-9-7-12/h5-6,12,15-17H,3-4,7-9H2,1-2H3. The van der Waals surface area contributed by atoms with Gasteiger partial charge in [0, 0.05) is 17.3 Å². The third-order valence-corrected chi connectivity index (χ3v) is 3.57. The number of phenolic OH excluding ortho intramolecular Hbond substituents is 1. The van der Waals surface area contributed by atoms with Gasteiger partial charge in [-0.2, -0.15) is 0 Å². The highest BCUT2D eigenvalue weighted by atomic mass is 16.3. The topological polar surface area (TPSA) is 44.3 Å². The molecular weight excluding hydrogens is 212 g/mol. The first-order valence-electron chi connectivity index (χ1n) is 6.45. The van der Waals surface area contributed by atoms with Gasteiger partial charge in [-0.25, -0.2) is 0 Å². The SMILES string of the molecule is Cc1ccc(NC2CCCNCC2)c(C)c1O. The fourth-order valence-electron chi connectivity index (χ4n) is 2.38. The van der Waals surface area contributed by atoms with E-state index in [1.807, 2.05) is 19.9 Å². The molecule has 1 atom stereocenters. The average Bonchev–Trinajstić information content (AvgIpc) is 2.59. The van der Waals surface area contributed by atoms with Crippen molar-refractivity contribution < 1.29 is 5.11 Å². The van der Waals surface area contributed by atoms with E-state index in [0.717, 1.165) is 36.3 Å². The summed E-state index contributed by atoms with van der Waals surface area (Å²) in [6.45, 7) is 6.10. The molecule has 0 spiro atoms. The Balaban J connectivity index is 2.09. The summed E-state index contributed by atoms with van der Waals surface area (Å²) < 4.78 is 0. The summed E-state index contributed by atoms with van der Waals surface area (Å²) in [6, 6.07) is 4.56. The van der Waals surface area contributed by atoms with Crippen molar-refractivity contribution in [2.75, 3.05) is 18.4 Å². The van der Waals surface area contributed by atoms with E-state index in [0.29, 0.717) is 11.8 Å². The largest absolute Gasteiger partial charge is 0.507 e. The van der Waals surface area contributed by atoms with Crippen LogP contribution >= 0.6 is 0 Å². The van der Waals surface area contributed by atoms with Crippen molar-refractivity contribution in [2.45, 2.75) is 39.2 Å². The second kappa shape index (κ2) is 5.41. The van der Waals surface area contributed by atoms with Gasteiger partial charge in [0.2, 0.25) is 0 Å². The van der Waals surface area contributed by atoms with Gasteiger partial charge in [0.25, 0.3) is 0 Å². The molecule has 0 bridgehead atoms. The molecule has 0 amide bonds. The number of rotatable bonds is 2. The molecular formula is C14H22N2O. The minimum atomic E-state index is 0.418. The maximum absolute atomic E-state index is 9.92. The van der Waals surface area contributed by atoms with Crippen LogP contribution in [-0.4, -0.2) is 24.2 Å². The van der Waals surface area contributed by atoms with Gasteiger partial charge in [-0.1, -0.05) is 6.07 Å². The van der Waals surface area contributed by atoms with Crippen LogP contribution in [0.2, 0.25) is 0 Å². The molecule has 0 radical (unpaired) electrons. The third-order valence-electron chi connectivity index (χ3n) is 3.57. The van der Waals surface area contributed by atoms with E-state index in [9.17, 15) is 5.11 Å². The molecule has 1 aromatic rings. The molecule has 1 aliphatic heterocycles. The number of benzene rings is 1. The van der Waals surface area contributed by atoms with Crippen LogP contribution in [0.15, 0.2) is 12.1 Å². The van der Waals surface area contributed by atoms with Gasteiger partial charge in [-0.05, 0) is 57.8 Å². The summed E-state index contributed by atoms with van der Waals surface area (Å²) in [7, 11) is 0. The van der Waals surface area contributed by atoms with Crippen LogP contribution in [0.5, 0.6) is 5.75 Å². The Labute approximate surface area is 103 Å². The molecule has 1 aromatic carbocycles. The Kier molecular flexibility index (Phi) is 3.89. The lowest BCUT2D eigenvalue weighted by atomic mass is 10.1. The minimum Gasteiger partial charge on any atom is -0.507 e. The van der Waals surface area contributed by atoms with Crippen LogP contribution in [0.1, 0.15) is 30.4 Å². The van der Waals surface area contributed by atoms with Gasteiger partial charge in [0.05, 0.1) is 0 Å². The number of aryl methyl sites for hydroxylation is 1. The first kappa shape index (κ1) is 12.2. The Hall–Kier alpha value is -1.22. The number of hydrogen-bond acceptors (Lipinski definition) is 3. The van der Waals surface area contributed by atoms with Gasteiger partial charge in [-0.3, -0.25) is 0 Å². The summed E-state index contributed by atoms with van der Waals surface area (Å²) in [5, 5.41) is 16.9. The summed E-state index contributed by atoms with van der Waals surface area (Å²) in [5.41, 5.74) is 2.97. The van der Waals surface area contributed by atoms with Crippen molar-refractivity contribution in [3.8, 4) is 5.75 Å². The number of nitrogens with one attached hydrogen (secondary N) is 2. The van der Waals surface area contributed by atoms with Crippen molar-refractivity contribution >= 4 is 5.69 Å². The molecule has 0 saturated carbocycles. The Bertz CT molecular complexity index is 382. The Morgan fingerprint density at radius 2 is 2.06 bits per heavy atom. The molecule has 2 rings (SSSR count). The molecule has 1 unspecified atom stereocenters. The third kappa shape index (κ3) is 2.91. The van der Waals surface area contributed by atoms with E-state index in [4.69, 9.17) is 0 Å². The van der Waals surface area contributed by atoms with Crippen molar-refractivity contribution in [2.24, 2.45) is 0 Å². The fourth-order valence-corrected chi connectivity index (χ4v) is 2.38. The summed E-state index contributed by atoms with van der Waals surface area (Å²) >= 11 is 0. The lowest BCUT2D eigenvalue weighted by Crippen LogP contribution is -2.21. The molecule has 94 valence electrons. The Morgan fingerprint density at radius 3 is 2.88 bits per heavy atom. The van der Waals surface area contributed by atoms with Crippen molar-refractivity contribution in [1.29, 1.82) is 0 Å². The highest BCUT2D eigenvalue weighted by molar-refractivity contribution is 5.59. The summed E-state index contributed by atoms with van der Waals surface area (Å²) in [6.07, 6.45) is 3.56. The molecule has 17 heavy (non-hydrogen) atoms. The number of phenols is 1. The minimum absolute atomic E-state index is 0.418. The number of hydrogen-bond donors (Lipinski definition) is 3. The predicted octanol–water partition coefficient (Wildman–Crippen LogP) is 2.56. The van der Waals surface area contributed by atoms with Gasteiger partial charge in [0.1, 0.15) is 5.75 Å².